The second kappa shape index (κ2) is 8.06. The lowest BCUT2D eigenvalue weighted by Crippen LogP contribution is -2.55. The molecular weight excluding hydrogens is 402 g/mol. The molecule has 1 fully saturated rings. The first-order valence-electron chi connectivity index (χ1n) is 9.13. The van der Waals surface area contributed by atoms with Crippen LogP contribution in [-0.4, -0.2) is 51.4 Å². The van der Waals surface area contributed by atoms with E-state index in [-0.39, 0.29) is 11.1 Å². The summed E-state index contributed by atoms with van der Waals surface area (Å²) in [5.74, 6) is -0.747. The van der Waals surface area contributed by atoms with Gasteiger partial charge >= 0.3 is 0 Å². The van der Waals surface area contributed by atoms with Gasteiger partial charge in [0.15, 0.2) is 6.17 Å². The highest BCUT2D eigenvalue weighted by Crippen LogP contribution is 2.39. The Labute approximate surface area is 169 Å². The average molecular weight is 422 g/mol. The van der Waals surface area contributed by atoms with E-state index in [2.05, 4.69) is 0 Å². The smallest absolute Gasteiger partial charge is 0.162 e. The molecular formula is C21H20F2O5S. The normalized spacial score (nSPS) is 28.6. The first kappa shape index (κ1) is 20.3. The predicted octanol–water partition coefficient (Wildman–Crippen LogP) is 2.61. The molecule has 2 aromatic carbocycles. The fourth-order valence-corrected chi connectivity index (χ4v) is 4.65. The van der Waals surface area contributed by atoms with Crippen LogP contribution in [0.3, 0.4) is 0 Å². The van der Waals surface area contributed by atoms with Crippen molar-refractivity contribution in [1.82, 2.24) is 0 Å². The van der Waals surface area contributed by atoms with Gasteiger partial charge in [0.2, 0.25) is 0 Å². The van der Waals surface area contributed by atoms with Crippen molar-refractivity contribution in [2.75, 3.05) is 6.61 Å². The van der Waals surface area contributed by atoms with Crippen LogP contribution in [0.4, 0.5) is 8.78 Å². The Morgan fingerprint density at radius 1 is 1.00 bits per heavy atom. The first-order valence-corrected chi connectivity index (χ1v) is 9.94. The zero-order valence-electron chi connectivity index (χ0n) is 15.2. The molecule has 1 aliphatic rings. The summed E-state index contributed by atoms with van der Waals surface area (Å²) in [5.41, 5.74) is 0.0214. The molecule has 5 nitrogen and oxygen atoms in total. The topological polar surface area (TPSA) is 90.2 Å². The minimum atomic E-state index is -1.72. The summed E-state index contributed by atoms with van der Waals surface area (Å²) >= 11 is 1.23. The number of alkyl halides is 1. The zero-order valence-corrected chi connectivity index (χ0v) is 16.0. The molecule has 4 N–H and O–H groups in total. The summed E-state index contributed by atoms with van der Waals surface area (Å²) < 4.78 is 36.0. The number of fused-ring (bicyclic) bond motifs is 1. The molecule has 1 saturated heterocycles. The fourth-order valence-electron chi connectivity index (χ4n) is 3.59. The molecule has 154 valence electrons. The molecule has 8 heteroatoms. The lowest BCUT2D eigenvalue weighted by Gasteiger charge is -2.40. The molecule has 0 amide bonds. The van der Waals surface area contributed by atoms with Crippen LogP contribution in [0.5, 0.6) is 0 Å². The van der Waals surface area contributed by atoms with Crippen molar-refractivity contribution in [2.24, 2.45) is 0 Å². The minimum Gasteiger partial charge on any atom is -0.394 e. The van der Waals surface area contributed by atoms with Crippen molar-refractivity contribution in [3.05, 3.63) is 70.4 Å². The monoisotopic (exact) mass is 422 g/mol. The SMILES string of the molecule is OC[C@H]1O[C@@H](c2ccc(F)c(C(F)c3cc4ccccc4s3)c2)[C@H](O)[C@@H](O)[C@@H]1O. The van der Waals surface area contributed by atoms with E-state index in [0.29, 0.717) is 4.88 Å². The first-order chi connectivity index (χ1) is 13.9. The molecule has 0 saturated carbocycles. The standard InChI is InChI=1S/C21H20F2O5S/c22-13-6-5-11(21-20(27)19(26)18(25)14(9-24)28-21)7-12(13)17(23)16-8-10-3-1-2-4-15(10)29-16/h1-8,14,17-21,24-27H,9H2/t14-,17?,18-,19+,20-,21+/m1/s1. The summed E-state index contributed by atoms with van der Waals surface area (Å²) in [6.07, 6.45) is -8.57. The Bertz CT molecular complexity index is 975. The van der Waals surface area contributed by atoms with Crippen LogP contribution < -0.4 is 0 Å². The minimum absolute atomic E-state index is 0.217. The number of thiophene rings is 1. The van der Waals surface area contributed by atoms with Crippen LogP contribution in [-0.2, 0) is 4.74 Å². The van der Waals surface area contributed by atoms with Crippen molar-refractivity contribution in [3.63, 3.8) is 0 Å². The van der Waals surface area contributed by atoms with Crippen LogP contribution in [0, 0.1) is 5.82 Å². The quantitative estimate of drug-likeness (QED) is 0.519. The Balaban J connectivity index is 1.68. The number of hydrogen-bond donors (Lipinski definition) is 4. The van der Waals surface area contributed by atoms with E-state index in [1.807, 2.05) is 24.3 Å². The van der Waals surface area contributed by atoms with Crippen LogP contribution in [0.25, 0.3) is 10.1 Å². The van der Waals surface area contributed by atoms with Gasteiger partial charge in [-0.05, 0) is 35.2 Å². The number of aliphatic hydroxyl groups excluding tert-OH is 4. The average Bonchev–Trinajstić information content (AvgIpc) is 3.17. The molecule has 1 aromatic heterocycles. The van der Waals surface area contributed by atoms with Crippen molar-refractivity contribution in [1.29, 1.82) is 0 Å². The van der Waals surface area contributed by atoms with Gasteiger partial charge in [-0.3, -0.25) is 0 Å². The van der Waals surface area contributed by atoms with E-state index in [1.54, 1.807) is 6.07 Å². The lowest BCUT2D eigenvalue weighted by molar-refractivity contribution is -0.231. The Morgan fingerprint density at radius 3 is 2.48 bits per heavy atom. The molecule has 0 aliphatic carbocycles. The Hall–Kier alpha value is -1.94. The molecule has 1 aliphatic heterocycles. The molecule has 0 spiro atoms. The van der Waals surface area contributed by atoms with E-state index in [0.717, 1.165) is 16.2 Å². The van der Waals surface area contributed by atoms with Gasteiger partial charge in [0, 0.05) is 15.1 Å². The van der Waals surface area contributed by atoms with Crippen LogP contribution in [0.2, 0.25) is 0 Å². The molecule has 29 heavy (non-hydrogen) atoms. The van der Waals surface area contributed by atoms with Crippen LogP contribution in [0.1, 0.15) is 28.3 Å². The lowest BCUT2D eigenvalue weighted by atomic mass is 9.90. The number of hydrogen-bond acceptors (Lipinski definition) is 6. The second-order valence-corrected chi connectivity index (χ2v) is 8.19. The van der Waals surface area contributed by atoms with Gasteiger partial charge in [-0.2, -0.15) is 0 Å². The maximum atomic E-state index is 15.2. The maximum Gasteiger partial charge on any atom is 0.162 e. The van der Waals surface area contributed by atoms with E-state index >= 15 is 4.39 Å². The Kier molecular flexibility index (Phi) is 5.65. The number of ether oxygens (including phenoxy) is 1. The summed E-state index contributed by atoms with van der Waals surface area (Å²) in [7, 11) is 0. The number of halogens is 2. The van der Waals surface area contributed by atoms with Gasteiger partial charge < -0.3 is 25.2 Å². The van der Waals surface area contributed by atoms with Gasteiger partial charge in [0.25, 0.3) is 0 Å². The number of benzene rings is 2. The van der Waals surface area contributed by atoms with Gasteiger partial charge in [0.1, 0.15) is 36.3 Å². The van der Waals surface area contributed by atoms with Gasteiger partial charge in [0.05, 0.1) is 6.61 Å². The van der Waals surface area contributed by atoms with Crippen LogP contribution >= 0.6 is 11.3 Å². The highest BCUT2D eigenvalue weighted by molar-refractivity contribution is 7.19. The summed E-state index contributed by atoms with van der Waals surface area (Å²) in [5, 5.41) is 40.4. The number of aliphatic hydroxyl groups is 4. The summed E-state index contributed by atoms with van der Waals surface area (Å²) in [4.78, 5) is 0.344. The van der Waals surface area contributed by atoms with E-state index in [4.69, 9.17) is 4.74 Å². The zero-order chi connectivity index (χ0) is 20.7. The third-order valence-corrected chi connectivity index (χ3v) is 6.36. The Morgan fingerprint density at radius 2 is 1.76 bits per heavy atom. The molecule has 2 heterocycles. The maximum absolute atomic E-state index is 15.2. The van der Waals surface area contributed by atoms with Crippen molar-refractivity contribution < 1.29 is 33.9 Å². The van der Waals surface area contributed by atoms with Gasteiger partial charge in [-0.15, -0.1) is 11.3 Å². The molecule has 0 bridgehead atoms. The molecule has 3 aromatic rings. The van der Waals surface area contributed by atoms with Gasteiger partial charge in [-0.25, -0.2) is 8.78 Å². The largest absolute Gasteiger partial charge is 0.394 e. The molecule has 6 atom stereocenters. The number of rotatable bonds is 4. The highest BCUT2D eigenvalue weighted by atomic mass is 32.1. The summed E-state index contributed by atoms with van der Waals surface area (Å²) in [6, 6.07) is 12.7. The van der Waals surface area contributed by atoms with Crippen LogP contribution in [0.15, 0.2) is 48.5 Å². The van der Waals surface area contributed by atoms with Crippen molar-refractivity contribution in [3.8, 4) is 0 Å². The highest BCUT2D eigenvalue weighted by Gasteiger charge is 2.44. The van der Waals surface area contributed by atoms with Crippen molar-refractivity contribution in [2.45, 2.75) is 36.7 Å². The van der Waals surface area contributed by atoms with E-state index in [1.165, 1.54) is 23.5 Å². The van der Waals surface area contributed by atoms with E-state index < -0.39 is 49.1 Å². The molecule has 1 unspecified atom stereocenters. The third kappa shape index (κ3) is 3.68. The fraction of sp³-hybridized carbons (Fsp3) is 0.333. The molecule has 4 rings (SSSR count). The summed E-state index contributed by atoms with van der Waals surface area (Å²) in [6.45, 7) is -0.580. The second-order valence-electron chi connectivity index (χ2n) is 7.08. The van der Waals surface area contributed by atoms with Crippen molar-refractivity contribution >= 4 is 21.4 Å². The van der Waals surface area contributed by atoms with Gasteiger partial charge in [-0.1, -0.05) is 24.3 Å². The van der Waals surface area contributed by atoms with E-state index in [9.17, 15) is 24.8 Å². The molecule has 0 radical (unpaired) electrons. The predicted molar refractivity (Wildman–Crippen MR) is 104 cm³/mol. The third-order valence-electron chi connectivity index (χ3n) is 5.21.